The van der Waals surface area contributed by atoms with Crippen LogP contribution in [0.4, 0.5) is 0 Å². The van der Waals surface area contributed by atoms with Gasteiger partial charge in [-0.2, -0.15) is 0 Å². The fourth-order valence-corrected chi connectivity index (χ4v) is 2.26. The molecule has 0 unspecified atom stereocenters. The topological polar surface area (TPSA) is 29.5 Å². The molecule has 0 aromatic carbocycles. The van der Waals surface area contributed by atoms with Crippen LogP contribution in [0.2, 0.25) is 0 Å². The highest BCUT2D eigenvalue weighted by Crippen LogP contribution is 2.44. The van der Waals surface area contributed by atoms with Gasteiger partial charge in [0.1, 0.15) is 0 Å². The average molecular weight is 168 g/mol. The third-order valence-corrected chi connectivity index (χ3v) is 2.90. The van der Waals surface area contributed by atoms with Crippen molar-refractivity contribution in [1.29, 1.82) is 0 Å². The van der Waals surface area contributed by atoms with Crippen molar-refractivity contribution in [2.24, 2.45) is 5.92 Å². The van der Waals surface area contributed by atoms with Crippen molar-refractivity contribution in [3.63, 3.8) is 0 Å². The molecule has 0 radical (unpaired) electrons. The minimum Gasteiger partial charge on any atom is -0.501 e. The highest BCUT2D eigenvalue weighted by Gasteiger charge is 2.43. The number of ether oxygens (including phenoxy) is 1. The summed E-state index contributed by atoms with van der Waals surface area (Å²) in [6.07, 6.45) is 5.69. The van der Waals surface area contributed by atoms with Gasteiger partial charge >= 0.3 is 0 Å². The molecule has 1 N–H and O–H groups in total. The molecule has 1 fully saturated rings. The van der Waals surface area contributed by atoms with E-state index >= 15 is 0 Å². The Morgan fingerprint density at radius 3 is 2.83 bits per heavy atom. The summed E-state index contributed by atoms with van der Waals surface area (Å²) in [5, 5.41) is 10.1. The molecule has 68 valence electrons. The van der Waals surface area contributed by atoms with Crippen LogP contribution in [0.1, 0.15) is 32.6 Å². The van der Waals surface area contributed by atoms with Gasteiger partial charge in [-0.3, -0.25) is 0 Å². The van der Waals surface area contributed by atoms with Crippen LogP contribution in [0.25, 0.3) is 0 Å². The van der Waals surface area contributed by atoms with Crippen molar-refractivity contribution in [3.8, 4) is 0 Å². The molecule has 2 nitrogen and oxygen atoms in total. The molecule has 0 amide bonds. The van der Waals surface area contributed by atoms with Crippen LogP contribution in [0.15, 0.2) is 11.8 Å². The molecule has 2 aliphatic rings. The summed E-state index contributed by atoms with van der Waals surface area (Å²) >= 11 is 0. The zero-order valence-electron chi connectivity index (χ0n) is 7.55. The van der Waals surface area contributed by atoms with Crippen molar-refractivity contribution < 1.29 is 9.84 Å². The Kier molecular flexibility index (Phi) is 1.87. The Hall–Kier alpha value is -0.500. The van der Waals surface area contributed by atoms with E-state index in [2.05, 4.69) is 6.92 Å². The van der Waals surface area contributed by atoms with E-state index in [0.717, 1.165) is 37.9 Å². The number of rotatable bonds is 1. The molecule has 0 bridgehead atoms. The second kappa shape index (κ2) is 2.77. The maximum atomic E-state index is 10.1. The van der Waals surface area contributed by atoms with E-state index in [4.69, 9.17) is 4.74 Å². The van der Waals surface area contributed by atoms with Crippen LogP contribution in [-0.4, -0.2) is 17.3 Å². The molecule has 2 heteroatoms. The Balaban J connectivity index is 2.03. The monoisotopic (exact) mass is 168 g/mol. The molecule has 0 aromatic heterocycles. The lowest BCUT2D eigenvalue weighted by molar-refractivity contribution is -0.0425. The lowest BCUT2D eigenvalue weighted by Gasteiger charge is -2.44. The molecule has 1 saturated carbocycles. The number of hydrogen-bond acceptors (Lipinski definition) is 2. The lowest BCUT2D eigenvalue weighted by Crippen LogP contribution is -2.44. The summed E-state index contributed by atoms with van der Waals surface area (Å²) < 4.78 is 5.22. The SMILES string of the molecule is CC1CC(O)(C2=COCCC2)C1. The largest absolute Gasteiger partial charge is 0.501 e. The predicted molar refractivity (Wildman–Crippen MR) is 46.6 cm³/mol. The highest BCUT2D eigenvalue weighted by molar-refractivity contribution is 5.20. The maximum Gasteiger partial charge on any atom is 0.0894 e. The lowest BCUT2D eigenvalue weighted by atomic mass is 9.67. The second-order valence-electron chi connectivity index (χ2n) is 4.16. The van der Waals surface area contributed by atoms with E-state index in [-0.39, 0.29) is 0 Å². The van der Waals surface area contributed by atoms with E-state index in [9.17, 15) is 5.11 Å². The highest BCUT2D eigenvalue weighted by atomic mass is 16.5. The predicted octanol–water partition coefficient (Wildman–Crippen LogP) is 1.84. The van der Waals surface area contributed by atoms with E-state index in [1.165, 1.54) is 0 Å². The van der Waals surface area contributed by atoms with Crippen molar-refractivity contribution in [1.82, 2.24) is 0 Å². The molecule has 0 saturated heterocycles. The molecule has 1 heterocycles. The molecule has 12 heavy (non-hydrogen) atoms. The average Bonchev–Trinajstić information content (AvgIpc) is 2.04. The normalized spacial score (nSPS) is 41.2. The number of hydrogen-bond donors (Lipinski definition) is 1. The first-order chi connectivity index (χ1) is 5.71. The third kappa shape index (κ3) is 1.24. The van der Waals surface area contributed by atoms with Crippen molar-refractivity contribution >= 4 is 0 Å². The fraction of sp³-hybridized carbons (Fsp3) is 0.800. The fourth-order valence-electron chi connectivity index (χ4n) is 2.26. The van der Waals surface area contributed by atoms with Crippen molar-refractivity contribution in [2.75, 3.05) is 6.61 Å². The van der Waals surface area contributed by atoms with E-state index in [1.807, 2.05) is 0 Å². The summed E-state index contributed by atoms with van der Waals surface area (Å²) in [4.78, 5) is 0. The summed E-state index contributed by atoms with van der Waals surface area (Å²) in [5.41, 5.74) is 0.617. The minimum absolute atomic E-state index is 0.500. The minimum atomic E-state index is -0.500. The van der Waals surface area contributed by atoms with E-state index < -0.39 is 5.60 Å². The Morgan fingerprint density at radius 1 is 1.58 bits per heavy atom. The summed E-state index contributed by atoms with van der Waals surface area (Å²) in [7, 11) is 0. The van der Waals surface area contributed by atoms with Crippen LogP contribution in [0.3, 0.4) is 0 Å². The zero-order chi connectivity index (χ0) is 8.60. The standard InChI is InChI=1S/C10H16O2/c1-8-5-10(11,6-8)9-3-2-4-12-7-9/h7-8,11H,2-6H2,1H3. The Bertz CT molecular complexity index is 202. The van der Waals surface area contributed by atoms with Crippen molar-refractivity contribution in [3.05, 3.63) is 11.8 Å². The van der Waals surface area contributed by atoms with Gasteiger partial charge in [0.05, 0.1) is 18.5 Å². The van der Waals surface area contributed by atoms with Gasteiger partial charge in [-0.1, -0.05) is 6.92 Å². The Morgan fingerprint density at radius 2 is 2.33 bits per heavy atom. The number of aliphatic hydroxyl groups is 1. The van der Waals surface area contributed by atoms with Crippen LogP contribution in [0.5, 0.6) is 0 Å². The van der Waals surface area contributed by atoms with Gasteiger partial charge in [0.15, 0.2) is 0 Å². The quantitative estimate of drug-likeness (QED) is 0.647. The van der Waals surface area contributed by atoms with Gasteiger partial charge < -0.3 is 9.84 Å². The summed E-state index contributed by atoms with van der Waals surface area (Å²) in [5.74, 6) is 0.679. The first kappa shape index (κ1) is 8.11. The van der Waals surface area contributed by atoms with Crippen LogP contribution in [-0.2, 0) is 4.74 Å². The van der Waals surface area contributed by atoms with Crippen molar-refractivity contribution in [2.45, 2.75) is 38.2 Å². The Labute approximate surface area is 73.2 Å². The molecule has 1 aliphatic heterocycles. The van der Waals surface area contributed by atoms with Gasteiger partial charge in [-0.15, -0.1) is 0 Å². The summed E-state index contributed by atoms with van der Waals surface area (Å²) in [6.45, 7) is 2.99. The van der Waals surface area contributed by atoms with E-state index in [1.54, 1.807) is 6.26 Å². The van der Waals surface area contributed by atoms with Gasteiger partial charge in [-0.05, 0) is 37.2 Å². The molecule has 1 aliphatic carbocycles. The first-order valence-electron chi connectivity index (χ1n) is 4.74. The second-order valence-corrected chi connectivity index (χ2v) is 4.16. The van der Waals surface area contributed by atoms with Crippen LogP contribution >= 0.6 is 0 Å². The van der Waals surface area contributed by atoms with Gasteiger partial charge in [0, 0.05) is 0 Å². The molecule has 0 aromatic rings. The van der Waals surface area contributed by atoms with Gasteiger partial charge in [0.2, 0.25) is 0 Å². The van der Waals surface area contributed by atoms with Gasteiger partial charge in [-0.25, -0.2) is 0 Å². The third-order valence-electron chi connectivity index (χ3n) is 2.90. The molecule has 2 rings (SSSR count). The molecule has 0 spiro atoms. The zero-order valence-corrected chi connectivity index (χ0v) is 7.55. The summed E-state index contributed by atoms with van der Waals surface area (Å²) in [6, 6.07) is 0. The first-order valence-corrected chi connectivity index (χ1v) is 4.74. The van der Waals surface area contributed by atoms with Crippen LogP contribution < -0.4 is 0 Å². The van der Waals surface area contributed by atoms with E-state index in [0.29, 0.717) is 5.92 Å². The smallest absolute Gasteiger partial charge is 0.0894 e. The molecular formula is C10H16O2. The molecule has 0 atom stereocenters. The molecular weight excluding hydrogens is 152 g/mol. The maximum absolute atomic E-state index is 10.1. The van der Waals surface area contributed by atoms with Gasteiger partial charge in [0.25, 0.3) is 0 Å². The van der Waals surface area contributed by atoms with Crippen LogP contribution in [0, 0.1) is 5.92 Å².